The van der Waals surface area contributed by atoms with Crippen molar-refractivity contribution in [1.29, 1.82) is 0 Å². The van der Waals surface area contributed by atoms with Crippen LogP contribution in [0.1, 0.15) is 6.42 Å². The average Bonchev–Trinajstić information content (AvgIpc) is 2.80. The van der Waals surface area contributed by atoms with E-state index < -0.39 is 11.9 Å². The van der Waals surface area contributed by atoms with E-state index in [0.29, 0.717) is 17.2 Å². The molecule has 0 aliphatic carbocycles. The third-order valence-electron chi connectivity index (χ3n) is 3.12. The van der Waals surface area contributed by atoms with E-state index >= 15 is 0 Å². The van der Waals surface area contributed by atoms with Crippen LogP contribution in [-0.2, 0) is 9.59 Å². The highest BCUT2D eigenvalue weighted by atomic mass is 16.5. The molecule has 1 fully saturated rings. The average molecular weight is 265 g/mol. The van der Waals surface area contributed by atoms with E-state index in [1.54, 1.807) is 18.2 Å². The highest BCUT2D eigenvalue weighted by molar-refractivity contribution is 5.99. The first-order valence-corrected chi connectivity index (χ1v) is 5.81. The number of hydrogen-bond acceptors (Lipinski definition) is 4. The van der Waals surface area contributed by atoms with E-state index in [1.165, 1.54) is 19.1 Å². The monoisotopic (exact) mass is 265 g/mol. The number of ether oxygens (including phenoxy) is 2. The molecule has 1 heterocycles. The zero-order valence-electron chi connectivity index (χ0n) is 10.8. The summed E-state index contributed by atoms with van der Waals surface area (Å²) in [6.07, 6.45) is 0.0227. The molecule has 2 rings (SSSR count). The summed E-state index contributed by atoms with van der Waals surface area (Å²) >= 11 is 0. The molecular formula is C13H15NO5. The Kier molecular flexibility index (Phi) is 3.59. The van der Waals surface area contributed by atoms with Gasteiger partial charge < -0.3 is 19.5 Å². The van der Waals surface area contributed by atoms with Crippen LogP contribution in [0.3, 0.4) is 0 Å². The molecule has 102 valence electrons. The first kappa shape index (κ1) is 13.2. The molecular weight excluding hydrogens is 250 g/mol. The number of nitrogens with zero attached hydrogens (tertiary/aromatic N) is 1. The lowest BCUT2D eigenvalue weighted by Crippen LogP contribution is -2.25. The largest absolute Gasteiger partial charge is 0.497 e. The first-order chi connectivity index (χ1) is 9.05. The number of carbonyl (C=O) groups is 2. The number of rotatable bonds is 4. The molecule has 0 bridgehead atoms. The quantitative estimate of drug-likeness (QED) is 0.883. The Hall–Kier alpha value is -2.24. The van der Waals surface area contributed by atoms with E-state index in [4.69, 9.17) is 14.6 Å². The zero-order valence-corrected chi connectivity index (χ0v) is 10.8. The SMILES string of the molecule is COc1cc(OC)cc(N2C[C@@H](C(=O)O)CC2=O)c1. The molecule has 0 saturated carbocycles. The van der Waals surface area contributed by atoms with Crippen molar-refractivity contribution in [2.75, 3.05) is 25.7 Å². The van der Waals surface area contributed by atoms with Crippen LogP contribution in [0.15, 0.2) is 18.2 Å². The van der Waals surface area contributed by atoms with Crippen molar-refractivity contribution >= 4 is 17.6 Å². The van der Waals surface area contributed by atoms with Crippen LogP contribution >= 0.6 is 0 Å². The standard InChI is InChI=1S/C13H15NO5/c1-18-10-4-9(5-11(6-10)19-2)14-7-8(13(16)17)3-12(14)15/h4-6,8H,3,7H2,1-2H3,(H,16,17)/t8-/m0/s1. The molecule has 6 heteroatoms. The van der Waals surface area contributed by atoms with Gasteiger partial charge in [0.1, 0.15) is 11.5 Å². The summed E-state index contributed by atoms with van der Waals surface area (Å²) in [7, 11) is 3.04. The van der Waals surface area contributed by atoms with Gasteiger partial charge in [-0.2, -0.15) is 0 Å². The number of carboxylic acid groups (broad SMARTS) is 1. The first-order valence-electron chi connectivity index (χ1n) is 5.81. The minimum absolute atomic E-state index is 0.0227. The minimum atomic E-state index is -0.953. The van der Waals surface area contributed by atoms with Gasteiger partial charge in [-0.05, 0) is 0 Å². The molecule has 1 aliphatic rings. The van der Waals surface area contributed by atoms with Gasteiger partial charge in [0.2, 0.25) is 5.91 Å². The van der Waals surface area contributed by atoms with Crippen LogP contribution in [0.4, 0.5) is 5.69 Å². The number of carboxylic acids is 1. The third kappa shape index (κ3) is 2.62. The van der Waals surface area contributed by atoms with Crippen molar-refractivity contribution in [2.45, 2.75) is 6.42 Å². The predicted molar refractivity (Wildman–Crippen MR) is 67.6 cm³/mol. The second-order valence-electron chi connectivity index (χ2n) is 4.31. The zero-order chi connectivity index (χ0) is 14.0. The maximum Gasteiger partial charge on any atom is 0.308 e. The molecule has 1 atom stereocenters. The summed E-state index contributed by atoms with van der Waals surface area (Å²) in [4.78, 5) is 24.3. The van der Waals surface area contributed by atoms with Crippen molar-refractivity contribution in [3.05, 3.63) is 18.2 Å². The summed E-state index contributed by atoms with van der Waals surface area (Å²) in [6.45, 7) is 0.171. The van der Waals surface area contributed by atoms with Gasteiger partial charge in [0.05, 0.1) is 25.8 Å². The predicted octanol–water partition coefficient (Wildman–Crippen LogP) is 1.14. The van der Waals surface area contributed by atoms with E-state index in [0.717, 1.165) is 0 Å². The molecule has 1 saturated heterocycles. The fourth-order valence-corrected chi connectivity index (χ4v) is 2.07. The van der Waals surface area contributed by atoms with Crippen LogP contribution in [0, 0.1) is 5.92 Å². The molecule has 0 aromatic heterocycles. The molecule has 19 heavy (non-hydrogen) atoms. The normalized spacial score (nSPS) is 18.5. The van der Waals surface area contributed by atoms with Gasteiger partial charge in [-0.1, -0.05) is 0 Å². The summed E-state index contributed by atoms with van der Waals surface area (Å²) in [5, 5.41) is 8.97. The van der Waals surface area contributed by atoms with Crippen molar-refractivity contribution in [3.63, 3.8) is 0 Å². The van der Waals surface area contributed by atoms with Crippen molar-refractivity contribution in [1.82, 2.24) is 0 Å². The Bertz CT molecular complexity index is 492. The highest BCUT2D eigenvalue weighted by Crippen LogP contribution is 2.32. The van der Waals surface area contributed by atoms with Gasteiger partial charge in [-0.25, -0.2) is 0 Å². The molecule has 1 N–H and O–H groups in total. The number of anilines is 1. The molecule has 1 aliphatic heterocycles. The summed E-state index contributed by atoms with van der Waals surface area (Å²) in [5.41, 5.74) is 0.588. The van der Waals surface area contributed by atoms with Crippen LogP contribution < -0.4 is 14.4 Å². The lowest BCUT2D eigenvalue weighted by Gasteiger charge is -2.18. The topological polar surface area (TPSA) is 76.1 Å². The number of carbonyl (C=O) groups excluding carboxylic acids is 1. The fourth-order valence-electron chi connectivity index (χ4n) is 2.07. The van der Waals surface area contributed by atoms with Gasteiger partial charge in [0.25, 0.3) is 0 Å². The fraction of sp³-hybridized carbons (Fsp3) is 0.385. The highest BCUT2D eigenvalue weighted by Gasteiger charge is 2.35. The number of methoxy groups -OCH3 is 2. The van der Waals surface area contributed by atoms with E-state index in [2.05, 4.69) is 0 Å². The van der Waals surface area contributed by atoms with Crippen molar-refractivity contribution in [2.24, 2.45) is 5.92 Å². The molecule has 1 amide bonds. The second kappa shape index (κ2) is 5.17. The van der Waals surface area contributed by atoms with Crippen LogP contribution in [0.5, 0.6) is 11.5 Å². The number of amides is 1. The van der Waals surface area contributed by atoms with Crippen molar-refractivity contribution in [3.8, 4) is 11.5 Å². The Labute approximate surface area is 110 Å². The van der Waals surface area contributed by atoms with Gasteiger partial charge in [0.15, 0.2) is 0 Å². The molecule has 0 unspecified atom stereocenters. The third-order valence-corrected chi connectivity index (χ3v) is 3.12. The van der Waals surface area contributed by atoms with E-state index in [9.17, 15) is 9.59 Å². The molecule has 0 radical (unpaired) electrons. The molecule has 6 nitrogen and oxygen atoms in total. The van der Waals surface area contributed by atoms with Crippen LogP contribution in [0.25, 0.3) is 0 Å². The van der Waals surface area contributed by atoms with Crippen LogP contribution in [0.2, 0.25) is 0 Å². The smallest absolute Gasteiger partial charge is 0.308 e. The van der Waals surface area contributed by atoms with Gasteiger partial charge in [-0.3, -0.25) is 9.59 Å². The molecule has 0 spiro atoms. The Morgan fingerprint density at radius 3 is 2.26 bits per heavy atom. The van der Waals surface area contributed by atoms with Crippen LogP contribution in [-0.4, -0.2) is 37.7 Å². The maximum atomic E-state index is 11.9. The lowest BCUT2D eigenvalue weighted by molar-refractivity contribution is -0.141. The Morgan fingerprint density at radius 2 is 1.84 bits per heavy atom. The Balaban J connectivity index is 2.31. The number of aliphatic carboxylic acids is 1. The van der Waals surface area contributed by atoms with Gasteiger partial charge >= 0.3 is 5.97 Å². The van der Waals surface area contributed by atoms with Crippen molar-refractivity contribution < 1.29 is 24.2 Å². The molecule has 1 aromatic rings. The summed E-state index contributed by atoms with van der Waals surface area (Å²) in [6, 6.07) is 5.06. The van der Waals surface area contributed by atoms with Gasteiger partial charge in [-0.15, -0.1) is 0 Å². The number of benzene rings is 1. The Morgan fingerprint density at radius 1 is 1.26 bits per heavy atom. The number of hydrogen-bond donors (Lipinski definition) is 1. The van der Waals surface area contributed by atoms with E-state index in [1.807, 2.05) is 0 Å². The maximum absolute atomic E-state index is 11.9. The minimum Gasteiger partial charge on any atom is -0.497 e. The second-order valence-corrected chi connectivity index (χ2v) is 4.31. The van der Waals surface area contributed by atoms with Gasteiger partial charge in [0, 0.05) is 31.2 Å². The lowest BCUT2D eigenvalue weighted by atomic mass is 10.1. The summed E-state index contributed by atoms with van der Waals surface area (Å²) < 4.78 is 10.3. The van der Waals surface area contributed by atoms with E-state index in [-0.39, 0.29) is 18.9 Å². The molecule has 1 aromatic carbocycles. The summed E-state index contributed by atoms with van der Waals surface area (Å²) in [5.74, 6) is -0.708.